The zero-order chi connectivity index (χ0) is 36.6. The van der Waals surface area contributed by atoms with Crippen molar-refractivity contribution in [2.45, 2.75) is 84.4 Å². The summed E-state index contributed by atoms with van der Waals surface area (Å²) >= 11 is 0. The molecule has 4 atom stereocenters. The van der Waals surface area contributed by atoms with Gasteiger partial charge in [-0.05, 0) is 66.0 Å². The number of aliphatic hydroxyl groups is 1. The maximum Gasteiger partial charge on any atom is 0.243 e. The molecule has 10 nitrogen and oxygen atoms in total. The Kier molecular flexibility index (Phi) is 15.7. The number of nitrogens with one attached hydrogen (secondary N) is 5. The number of H-pyrrole nitrogens is 1. The molecule has 0 fully saturated rings. The van der Waals surface area contributed by atoms with Gasteiger partial charge in [-0.25, -0.2) is 4.98 Å². The molecule has 0 radical (unpaired) electrons. The van der Waals surface area contributed by atoms with Crippen LogP contribution in [0.25, 0.3) is 10.8 Å². The third-order valence-electron chi connectivity index (χ3n) is 9.11. The van der Waals surface area contributed by atoms with Gasteiger partial charge in [-0.3, -0.25) is 14.4 Å². The fourth-order valence-electron chi connectivity index (χ4n) is 6.28. The number of hydrogen-bond acceptors (Lipinski definition) is 6. The fraction of sp³-hybridized carbons (Fsp3) is 0.463. The van der Waals surface area contributed by atoms with E-state index in [9.17, 15) is 19.5 Å². The van der Waals surface area contributed by atoms with Crippen LogP contribution >= 0.6 is 0 Å². The Hall–Kier alpha value is -4.54. The van der Waals surface area contributed by atoms with E-state index in [4.69, 9.17) is 0 Å². The predicted molar refractivity (Wildman–Crippen MR) is 203 cm³/mol. The van der Waals surface area contributed by atoms with Gasteiger partial charge in [0.2, 0.25) is 17.7 Å². The number of amides is 3. The van der Waals surface area contributed by atoms with Crippen molar-refractivity contribution in [2.24, 2.45) is 17.8 Å². The molecule has 1 aromatic heterocycles. The van der Waals surface area contributed by atoms with Crippen molar-refractivity contribution in [3.05, 3.63) is 102 Å². The van der Waals surface area contributed by atoms with Crippen LogP contribution in [0.1, 0.15) is 63.8 Å². The number of aromatic nitrogens is 2. The second-order valence-electron chi connectivity index (χ2n) is 14.4. The number of aromatic amines is 1. The molecule has 1 heterocycles. The van der Waals surface area contributed by atoms with Gasteiger partial charge in [0.1, 0.15) is 6.04 Å². The minimum absolute atomic E-state index is 0.0427. The predicted octanol–water partition coefficient (Wildman–Crippen LogP) is 4.73. The molecule has 0 aliphatic rings. The summed E-state index contributed by atoms with van der Waals surface area (Å²) in [5, 5.41) is 25.6. The van der Waals surface area contributed by atoms with Gasteiger partial charge in [0.05, 0.1) is 24.4 Å². The molecular weight excluding hydrogens is 640 g/mol. The van der Waals surface area contributed by atoms with Gasteiger partial charge in [0.25, 0.3) is 0 Å². The second-order valence-corrected chi connectivity index (χ2v) is 14.4. The normalized spacial score (nSPS) is 13.9. The van der Waals surface area contributed by atoms with Crippen LogP contribution in [0.5, 0.6) is 0 Å². The topological polar surface area (TPSA) is 148 Å². The summed E-state index contributed by atoms with van der Waals surface area (Å²) in [5.41, 5.74) is 2.74. The van der Waals surface area contributed by atoms with E-state index in [1.165, 1.54) is 6.33 Å². The number of hydrogen-bond donors (Lipinski definition) is 6. The van der Waals surface area contributed by atoms with Crippen LogP contribution in [-0.2, 0) is 33.6 Å². The zero-order valence-corrected chi connectivity index (χ0v) is 30.5. The van der Waals surface area contributed by atoms with Gasteiger partial charge in [-0.1, -0.05) is 100 Å². The first-order valence-electron chi connectivity index (χ1n) is 18.3. The highest BCUT2D eigenvalue weighted by molar-refractivity contribution is 5.92. The van der Waals surface area contributed by atoms with Crippen molar-refractivity contribution < 1.29 is 19.5 Å². The van der Waals surface area contributed by atoms with E-state index in [1.807, 2.05) is 86.6 Å². The van der Waals surface area contributed by atoms with Crippen molar-refractivity contribution in [3.63, 3.8) is 0 Å². The van der Waals surface area contributed by atoms with Crippen LogP contribution in [0, 0.1) is 17.8 Å². The van der Waals surface area contributed by atoms with Gasteiger partial charge in [-0.15, -0.1) is 0 Å². The SMILES string of the molecule is CC(C)CCNCC(O)[C@H](CC(C)C)NC(=O)[C@H](Cc1cnc[nH]1)NC(=O)C(CC(=O)NCCc1ccccc1)Cc1cccc2ccccc12. The number of nitrogens with zero attached hydrogens (tertiary/aromatic N) is 1. The van der Waals surface area contributed by atoms with E-state index in [2.05, 4.69) is 45.1 Å². The van der Waals surface area contributed by atoms with Crippen LogP contribution in [0.3, 0.4) is 0 Å². The molecule has 51 heavy (non-hydrogen) atoms. The third kappa shape index (κ3) is 13.3. The highest BCUT2D eigenvalue weighted by Gasteiger charge is 2.31. The van der Waals surface area contributed by atoms with Gasteiger partial charge in [0, 0.05) is 37.8 Å². The summed E-state index contributed by atoms with van der Waals surface area (Å²) in [6.07, 6.45) is 5.00. The maximum atomic E-state index is 14.2. The number of benzene rings is 3. The Morgan fingerprint density at radius 3 is 2.29 bits per heavy atom. The quantitative estimate of drug-likeness (QED) is 0.0695. The lowest BCUT2D eigenvalue weighted by Gasteiger charge is -2.29. The summed E-state index contributed by atoms with van der Waals surface area (Å²) in [4.78, 5) is 48.7. The minimum Gasteiger partial charge on any atom is -0.390 e. The van der Waals surface area contributed by atoms with Crippen molar-refractivity contribution in [3.8, 4) is 0 Å². The number of carbonyl (C=O) groups excluding carboxylic acids is 3. The maximum absolute atomic E-state index is 14.2. The minimum atomic E-state index is -0.968. The Balaban J connectivity index is 1.52. The molecule has 0 aliphatic carbocycles. The van der Waals surface area contributed by atoms with Gasteiger partial charge in [-0.2, -0.15) is 0 Å². The molecule has 0 spiro atoms. The molecule has 4 rings (SSSR count). The van der Waals surface area contributed by atoms with E-state index in [0.717, 1.165) is 34.9 Å². The number of aliphatic hydroxyl groups excluding tert-OH is 1. The molecule has 2 unspecified atom stereocenters. The number of imidazole rings is 1. The summed E-state index contributed by atoms with van der Waals surface area (Å²) in [6.45, 7) is 9.96. The van der Waals surface area contributed by atoms with Crippen molar-refractivity contribution >= 4 is 28.5 Å². The number of carbonyl (C=O) groups is 3. The highest BCUT2D eigenvalue weighted by atomic mass is 16.3. The lowest BCUT2D eigenvalue weighted by atomic mass is 9.91. The molecule has 3 amide bonds. The molecule has 0 aliphatic heterocycles. The molecule has 0 bridgehead atoms. The fourth-order valence-corrected chi connectivity index (χ4v) is 6.28. The number of fused-ring (bicyclic) bond motifs is 1. The van der Waals surface area contributed by atoms with E-state index < -0.39 is 35.9 Å². The van der Waals surface area contributed by atoms with Crippen LogP contribution in [0.15, 0.2) is 85.3 Å². The number of rotatable bonds is 21. The monoisotopic (exact) mass is 696 g/mol. The largest absolute Gasteiger partial charge is 0.390 e. The average Bonchev–Trinajstić information content (AvgIpc) is 3.62. The molecule has 3 aromatic carbocycles. The van der Waals surface area contributed by atoms with Crippen molar-refractivity contribution in [1.82, 2.24) is 31.2 Å². The molecule has 0 saturated heterocycles. The third-order valence-corrected chi connectivity index (χ3v) is 9.11. The van der Waals surface area contributed by atoms with Crippen molar-refractivity contribution in [2.75, 3.05) is 19.6 Å². The lowest BCUT2D eigenvalue weighted by Crippen LogP contribution is -2.56. The molecule has 274 valence electrons. The molecule has 6 N–H and O–H groups in total. The highest BCUT2D eigenvalue weighted by Crippen LogP contribution is 2.23. The first kappa shape index (κ1) is 39.2. The average molecular weight is 697 g/mol. The Labute approximate surface area is 302 Å². The second kappa shape index (κ2) is 20.3. The summed E-state index contributed by atoms with van der Waals surface area (Å²) < 4.78 is 0. The van der Waals surface area contributed by atoms with Gasteiger partial charge >= 0.3 is 0 Å². The Bertz CT molecular complexity index is 1640. The van der Waals surface area contributed by atoms with Crippen LogP contribution < -0.4 is 21.3 Å². The van der Waals surface area contributed by atoms with E-state index in [1.54, 1.807) is 6.20 Å². The first-order chi connectivity index (χ1) is 24.6. The van der Waals surface area contributed by atoms with E-state index >= 15 is 0 Å². The summed E-state index contributed by atoms with van der Waals surface area (Å²) in [7, 11) is 0. The summed E-state index contributed by atoms with van der Waals surface area (Å²) in [5.74, 6) is -1.01. The zero-order valence-electron chi connectivity index (χ0n) is 30.5. The van der Waals surface area contributed by atoms with E-state index in [0.29, 0.717) is 44.0 Å². The standard InChI is InChI=1S/C41H56N6O4/c1-28(2)17-19-42-26-38(48)36(21-29(3)4)46-41(51)37(24-34-25-43-27-45-34)47-40(50)33(22-32-15-10-14-31-13-8-9-16-35(31)32)23-39(49)44-20-18-30-11-6-5-7-12-30/h5-16,25,27-29,33,36-38,42,48H,17-24,26H2,1-4H3,(H,43,45)(H,44,49)(H,46,51)(H,47,50)/t33?,36-,37-,38?/m0/s1. The van der Waals surface area contributed by atoms with Gasteiger partial charge < -0.3 is 31.4 Å². The molecule has 10 heteroatoms. The van der Waals surface area contributed by atoms with Crippen LogP contribution in [-0.4, -0.2) is 70.6 Å². The molecule has 0 saturated carbocycles. The Morgan fingerprint density at radius 2 is 1.57 bits per heavy atom. The lowest BCUT2D eigenvalue weighted by molar-refractivity contribution is -0.133. The molecule has 4 aromatic rings. The van der Waals surface area contributed by atoms with Crippen LogP contribution in [0.4, 0.5) is 0 Å². The molecular formula is C41H56N6O4. The first-order valence-corrected chi connectivity index (χ1v) is 18.3. The van der Waals surface area contributed by atoms with Gasteiger partial charge in [0.15, 0.2) is 0 Å². The van der Waals surface area contributed by atoms with Crippen LogP contribution in [0.2, 0.25) is 0 Å². The van der Waals surface area contributed by atoms with Crippen molar-refractivity contribution in [1.29, 1.82) is 0 Å². The summed E-state index contributed by atoms with van der Waals surface area (Å²) in [6, 6.07) is 22.4. The Morgan fingerprint density at radius 1 is 0.824 bits per heavy atom. The van der Waals surface area contributed by atoms with E-state index in [-0.39, 0.29) is 24.7 Å². The smallest absolute Gasteiger partial charge is 0.243 e.